The Kier molecular flexibility index (Phi) is 5.08. The van der Waals surface area contributed by atoms with E-state index in [1.165, 1.54) is 18.2 Å². The number of aryl methyl sites for hydroxylation is 1. The van der Waals surface area contributed by atoms with Crippen LogP contribution in [0.15, 0.2) is 42.7 Å². The number of hydrogen-bond acceptors (Lipinski definition) is 3. The molecular weight excluding hydrogens is 282 g/mol. The lowest BCUT2D eigenvalue weighted by Gasteiger charge is -2.00. The second kappa shape index (κ2) is 7.21. The van der Waals surface area contributed by atoms with Gasteiger partial charge in [-0.3, -0.25) is 9.48 Å². The van der Waals surface area contributed by atoms with Crippen LogP contribution in [0.1, 0.15) is 21.5 Å². The summed E-state index contributed by atoms with van der Waals surface area (Å²) in [5.74, 6) is -1.16. The van der Waals surface area contributed by atoms with Crippen molar-refractivity contribution in [2.24, 2.45) is 7.05 Å². The van der Waals surface area contributed by atoms with Crippen molar-refractivity contribution in [2.75, 3.05) is 6.54 Å². The maximum absolute atomic E-state index is 11.7. The van der Waals surface area contributed by atoms with E-state index in [0.717, 1.165) is 17.5 Å². The average molecular weight is 299 g/mol. The molecule has 0 bridgehead atoms. The summed E-state index contributed by atoms with van der Waals surface area (Å²) < 4.78 is 1.72. The first kappa shape index (κ1) is 15.5. The summed E-state index contributed by atoms with van der Waals surface area (Å²) in [4.78, 5) is 22.4. The van der Waals surface area contributed by atoms with Crippen molar-refractivity contribution in [1.82, 2.24) is 15.1 Å². The third kappa shape index (κ3) is 4.59. The van der Waals surface area contributed by atoms with Crippen LogP contribution in [-0.4, -0.2) is 33.3 Å². The Morgan fingerprint density at radius 3 is 2.64 bits per heavy atom. The van der Waals surface area contributed by atoms with E-state index >= 15 is 0 Å². The first-order chi connectivity index (χ1) is 10.5. The van der Waals surface area contributed by atoms with Crippen LogP contribution >= 0.6 is 0 Å². The topological polar surface area (TPSA) is 84.2 Å². The van der Waals surface area contributed by atoms with E-state index in [2.05, 4.69) is 10.4 Å². The van der Waals surface area contributed by atoms with E-state index in [4.69, 9.17) is 5.11 Å². The normalized spacial score (nSPS) is 10.8. The highest BCUT2D eigenvalue weighted by molar-refractivity contribution is 5.92. The van der Waals surface area contributed by atoms with E-state index in [1.54, 1.807) is 29.1 Å². The van der Waals surface area contributed by atoms with E-state index in [0.29, 0.717) is 6.54 Å². The molecule has 1 amide bonds. The third-order valence-corrected chi connectivity index (χ3v) is 3.06. The third-order valence-electron chi connectivity index (χ3n) is 3.06. The molecule has 0 saturated carbocycles. The molecule has 0 saturated heterocycles. The van der Waals surface area contributed by atoms with Gasteiger partial charge in [0, 0.05) is 25.9 Å². The smallest absolute Gasteiger partial charge is 0.335 e. The van der Waals surface area contributed by atoms with Crippen molar-refractivity contribution in [1.29, 1.82) is 0 Å². The molecule has 114 valence electrons. The molecule has 2 aromatic rings. The summed E-state index contributed by atoms with van der Waals surface area (Å²) in [5.41, 5.74) is 2.06. The standard InChI is InChI=1S/C16H17N3O3/c1-19-11-13(10-18-19)8-9-17-15(20)7-4-12-2-5-14(6-3-12)16(21)22/h2-7,10-11H,8-9H2,1H3,(H,17,20)(H,21,22)/b7-4+. The maximum atomic E-state index is 11.7. The molecule has 6 nitrogen and oxygen atoms in total. The van der Waals surface area contributed by atoms with Gasteiger partial charge >= 0.3 is 5.97 Å². The predicted octanol–water partition coefficient (Wildman–Crippen LogP) is 1.49. The number of hydrogen-bond donors (Lipinski definition) is 2. The van der Waals surface area contributed by atoms with Crippen LogP contribution in [0.2, 0.25) is 0 Å². The molecule has 22 heavy (non-hydrogen) atoms. The number of nitrogens with zero attached hydrogens (tertiary/aromatic N) is 2. The fraction of sp³-hybridized carbons (Fsp3) is 0.188. The SMILES string of the molecule is Cn1cc(CCNC(=O)/C=C/c2ccc(C(=O)O)cc2)cn1. The molecule has 0 atom stereocenters. The Balaban J connectivity index is 1.79. The van der Waals surface area contributed by atoms with Crippen LogP contribution in [-0.2, 0) is 18.3 Å². The van der Waals surface area contributed by atoms with Gasteiger partial charge in [-0.05, 0) is 35.8 Å². The molecule has 6 heteroatoms. The number of aromatic carboxylic acids is 1. The van der Waals surface area contributed by atoms with Crippen LogP contribution in [0.25, 0.3) is 6.08 Å². The molecule has 1 aromatic heterocycles. The van der Waals surface area contributed by atoms with Gasteiger partial charge in [0.1, 0.15) is 0 Å². The van der Waals surface area contributed by atoms with Gasteiger partial charge < -0.3 is 10.4 Å². The number of carbonyl (C=O) groups excluding carboxylic acids is 1. The van der Waals surface area contributed by atoms with E-state index in [1.807, 2.05) is 13.2 Å². The van der Waals surface area contributed by atoms with Crippen molar-refractivity contribution < 1.29 is 14.7 Å². The number of carbonyl (C=O) groups is 2. The van der Waals surface area contributed by atoms with Crippen molar-refractivity contribution in [3.63, 3.8) is 0 Å². The number of amides is 1. The summed E-state index contributed by atoms with van der Waals surface area (Å²) in [6.07, 6.45) is 7.47. The van der Waals surface area contributed by atoms with Gasteiger partial charge in [-0.15, -0.1) is 0 Å². The minimum absolute atomic E-state index is 0.189. The number of aromatic nitrogens is 2. The number of rotatable bonds is 6. The number of carboxylic acid groups (broad SMARTS) is 1. The molecule has 1 heterocycles. The van der Waals surface area contributed by atoms with Crippen molar-refractivity contribution in [2.45, 2.75) is 6.42 Å². The van der Waals surface area contributed by atoms with Crippen LogP contribution in [0.3, 0.4) is 0 Å². The molecule has 0 radical (unpaired) electrons. The maximum Gasteiger partial charge on any atom is 0.335 e. The highest BCUT2D eigenvalue weighted by Crippen LogP contribution is 2.06. The lowest BCUT2D eigenvalue weighted by Crippen LogP contribution is -2.23. The Morgan fingerprint density at radius 2 is 2.05 bits per heavy atom. The monoisotopic (exact) mass is 299 g/mol. The van der Waals surface area contributed by atoms with Crippen LogP contribution < -0.4 is 5.32 Å². The summed E-state index contributed by atoms with van der Waals surface area (Å²) >= 11 is 0. The number of benzene rings is 1. The van der Waals surface area contributed by atoms with E-state index < -0.39 is 5.97 Å². The highest BCUT2D eigenvalue weighted by Gasteiger charge is 2.01. The molecule has 1 aromatic carbocycles. The molecular formula is C16H17N3O3. The van der Waals surface area contributed by atoms with Crippen molar-refractivity contribution in [3.8, 4) is 0 Å². The summed E-state index contributed by atoms with van der Waals surface area (Å²) in [6, 6.07) is 6.32. The minimum atomic E-state index is -0.969. The van der Waals surface area contributed by atoms with E-state index in [9.17, 15) is 9.59 Å². The predicted molar refractivity (Wildman–Crippen MR) is 82.4 cm³/mol. The lowest BCUT2D eigenvalue weighted by atomic mass is 10.1. The summed E-state index contributed by atoms with van der Waals surface area (Å²) in [6.45, 7) is 0.535. The summed E-state index contributed by atoms with van der Waals surface area (Å²) in [7, 11) is 1.85. The minimum Gasteiger partial charge on any atom is -0.478 e. The van der Waals surface area contributed by atoms with E-state index in [-0.39, 0.29) is 11.5 Å². The van der Waals surface area contributed by atoms with Gasteiger partial charge in [-0.25, -0.2) is 4.79 Å². The van der Waals surface area contributed by atoms with Crippen LogP contribution in [0.4, 0.5) is 0 Å². The zero-order chi connectivity index (χ0) is 15.9. The molecule has 0 aliphatic carbocycles. The molecule has 0 fully saturated rings. The molecule has 2 rings (SSSR count). The Hall–Kier alpha value is -2.89. The average Bonchev–Trinajstić information content (AvgIpc) is 2.91. The quantitative estimate of drug-likeness (QED) is 0.792. The zero-order valence-corrected chi connectivity index (χ0v) is 12.2. The Morgan fingerprint density at radius 1 is 1.32 bits per heavy atom. The van der Waals surface area contributed by atoms with Gasteiger partial charge in [0.2, 0.25) is 5.91 Å². The second-order valence-electron chi connectivity index (χ2n) is 4.82. The van der Waals surface area contributed by atoms with Gasteiger partial charge in [0.25, 0.3) is 0 Å². The lowest BCUT2D eigenvalue weighted by molar-refractivity contribution is -0.116. The fourth-order valence-corrected chi connectivity index (χ4v) is 1.90. The summed E-state index contributed by atoms with van der Waals surface area (Å²) in [5, 5.41) is 15.6. The number of carboxylic acids is 1. The molecule has 0 unspecified atom stereocenters. The highest BCUT2D eigenvalue weighted by atomic mass is 16.4. The van der Waals surface area contributed by atoms with Gasteiger partial charge in [0.05, 0.1) is 11.8 Å². The van der Waals surface area contributed by atoms with Gasteiger partial charge in [0.15, 0.2) is 0 Å². The molecule has 2 N–H and O–H groups in total. The fourth-order valence-electron chi connectivity index (χ4n) is 1.90. The van der Waals surface area contributed by atoms with Crippen molar-refractivity contribution >= 4 is 18.0 Å². The Bertz CT molecular complexity index is 687. The second-order valence-corrected chi connectivity index (χ2v) is 4.82. The molecule has 0 spiro atoms. The van der Waals surface area contributed by atoms with Crippen LogP contribution in [0.5, 0.6) is 0 Å². The zero-order valence-electron chi connectivity index (χ0n) is 12.2. The van der Waals surface area contributed by atoms with Crippen LogP contribution in [0, 0.1) is 0 Å². The Labute approximate surface area is 128 Å². The molecule has 0 aliphatic heterocycles. The van der Waals surface area contributed by atoms with Gasteiger partial charge in [-0.1, -0.05) is 12.1 Å². The van der Waals surface area contributed by atoms with Crippen molar-refractivity contribution in [3.05, 3.63) is 59.4 Å². The number of nitrogens with one attached hydrogen (secondary N) is 1. The first-order valence-corrected chi connectivity index (χ1v) is 6.81. The molecule has 0 aliphatic rings. The van der Waals surface area contributed by atoms with Gasteiger partial charge in [-0.2, -0.15) is 5.10 Å². The largest absolute Gasteiger partial charge is 0.478 e. The first-order valence-electron chi connectivity index (χ1n) is 6.81.